The molecule has 0 aliphatic carbocycles. The molecule has 98 valence electrons. The number of hydrogen-bond acceptors (Lipinski definition) is 2. The van der Waals surface area contributed by atoms with Gasteiger partial charge in [0.25, 0.3) is 0 Å². The largest absolute Gasteiger partial charge is 0.373 e. The SMILES string of the molecule is CC1CC(OCc2ccc(F)cc2F)CC(=O)N1. The third-order valence-electron chi connectivity index (χ3n) is 2.93. The molecule has 1 amide bonds. The molecule has 1 fully saturated rings. The van der Waals surface area contributed by atoms with Gasteiger partial charge in [0, 0.05) is 17.7 Å². The summed E-state index contributed by atoms with van der Waals surface area (Å²) in [6, 6.07) is 3.44. The van der Waals surface area contributed by atoms with E-state index in [2.05, 4.69) is 5.32 Å². The first-order valence-electron chi connectivity index (χ1n) is 5.89. The molecule has 0 bridgehead atoms. The Balaban J connectivity index is 1.93. The highest BCUT2D eigenvalue weighted by molar-refractivity contribution is 5.77. The zero-order valence-electron chi connectivity index (χ0n) is 10.1. The van der Waals surface area contributed by atoms with Crippen LogP contribution in [0.4, 0.5) is 8.78 Å². The van der Waals surface area contributed by atoms with Crippen molar-refractivity contribution >= 4 is 5.91 Å². The van der Waals surface area contributed by atoms with Crippen molar-refractivity contribution < 1.29 is 18.3 Å². The van der Waals surface area contributed by atoms with Crippen molar-refractivity contribution in [1.29, 1.82) is 0 Å². The Bertz CT molecular complexity index is 451. The topological polar surface area (TPSA) is 38.3 Å². The van der Waals surface area contributed by atoms with Crippen molar-refractivity contribution in [2.45, 2.75) is 38.5 Å². The zero-order valence-corrected chi connectivity index (χ0v) is 10.1. The van der Waals surface area contributed by atoms with Gasteiger partial charge in [-0.1, -0.05) is 6.07 Å². The summed E-state index contributed by atoms with van der Waals surface area (Å²) in [7, 11) is 0. The van der Waals surface area contributed by atoms with Gasteiger partial charge in [0.2, 0.25) is 5.91 Å². The second kappa shape index (κ2) is 5.44. The van der Waals surface area contributed by atoms with E-state index in [9.17, 15) is 13.6 Å². The predicted octanol–water partition coefficient (Wildman–Crippen LogP) is 2.15. The second-order valence-corrected chi connectivity index (χ2v) is 4.58. The number of hydrogen-bond donors (Lipinski definition) is 1. The van der Waals surface area contributed by atoms with Gasteiger partial charge in [0.1, 0.15) is 11.6 Å². The Kier molecular flexibility index (Phi) is 3.91. The number of halogens is 2. The summed E-state index contributed by atoms with van der Waals surface area (Å²) in [4.78, 5) is 11.3. The van der Waals surface area contributed by atoms with E-state index in [1.807, 2.05) is 6.92 Å². The molecule has 2 rings (SSSR count). The average molecular weight is 255 g/mol. The maximum Gasteiger partial charge on any atom is 0.222 e. The third kappa shape index (κ3) is 3.26. The number of carbonyl (C=O) groups is 1. The Morgan fingerprint density at radius 3 is 2.89 bits per heavy atom. The monoisotopic (exact) mass is 255 g/mol. The molecule has 3 nitrogen and oxygen atoms in total. The van der Waals surface area contributed by atoms with Crippen molar-refractivity contribution in [1.82, 2.24) is 5.32 Å². The van der Waals surface area contributed by atoms with Gasteiger partial charge in [0.05, 0.1) is 19.1 Å². The van der Waals surface area contributed by atoms with Crippen molar-refractivity contribution in [3.63, 3.8) is 0 Å². The summed E-state index contributed by atoms with van der Waals surface area (Å²) in [6.45, 7) is 1.95. The molecule has 1 aliphatic heterocycles. The van der Waals surface area contributed by atoms with E-state index in [1.165, 1.54) is 12.1 Å². The first-order valence-corrected chi connectivity index (χ1v) is 5.89. The summed E-state index contributed by atoms with van der Waals surface area (Å²) in [5.74, 6) is -1.29. The highest BCUT2D eigenvalue weighted by atomic mass is 19.1. The second-order valence-electron chi connectivity index (χ2n) is 4.58. The minimum atomic E-state index is -0.622. The van der Waals surface area contributed by atoms with Crippen molar-refractivity contribution in [2.75, 3.05) is 0 Å². The summed E-state index contributed by atoms with van der Waals surface area (Å²) in [5, 5.41) is 2.78. The van der Waals surface area contributed by atoms with E-state index in [1.54, 1.807) is 0 Å². The van der Waals surface area contributed by atoms with Gasteiger partial charge in [-0.05, 0) is 19.4 Å². The van der Waals surface area contributed by atoms with Crippen LogP contribution in [0.5, 0.6) is 0 Å². The molecule has 1 aromatic carbocycles. The fraction of sp³-hybridized carbons (Fsp3) is 0.462. The van der Waals surface area contributed by atoms with E-state index in [-0.39, 0.29) is 31.1 Å². The highest BCUT2D eigenvalue weighted by Crippen LogP contribution is 2.17. The van der Waals surface area contributed by atoms with Crippen LogP contribution in [0.25, 0.3) is 0 Å². The molecule has 0 radical (unpaired) electrons. The lowest BCUT2D eigenvalue weighted by molar-refractivity contribution is -0.128. The maximum absolute atomic E-state index is 13.4. The first kappa shape index (κ1) is 13.0. The number of benzene rings is 1. The lowest BCUT2D eigenvalue weighted by atomic mass is 10.0. The van der Waals surface area contributed by atoms with Gasteiger partial charge >= 0.3 is 0 Å². The Labute approximate surface area is 104 Å². The van der Waals surface area contributed by atoms with Gasteiger partial charge in [-0.25, -0.2) is 8.78 Å². The van der Waals surface area contributed by atoms with E-state index < -0.39 is 11.6 Å². The number of ether oxygens (including phenoxy) is 1. The van der Waals surface area contributed by atoms with Crippen LogP contribution >= 0.6 is 0 Å². The van der Waals surface area contributed by atoms with Crippen LogP contribution in [-0.2, 0) is 16.1 Å². The maximum atomic E-state index is 13.4. The highest BCUT2D eigenvalue weighted by Gasteiger charge is 2.24. The van der Waals surface area contributed by atoms with E-state index >= 15 is 0 Å². The van der Waals surface area contributed by atoms with Crippen LogP contribution in [0.15, 0.2) is 18.2 Å². The van der Waals surface area contributed by atoms with Crippen LogP contribution in [-0.4, -0.2) is 18.1 Å². The number of amides is 1. The molecule has 1 heterocycles. The van der Waals surface area contributed by atoms with Crippen LogP contribution in [0.3, 0.4) is 0 Å². The number of carbonyl (C=O) groups excluding carboxylic acids is 1. The van der Waals surface area contributed by atoms with Gasteiger partial charge in [-0.2, -0.15) is 0 Å². The molecule has 1 aromatic rings. The van der Waals surface area contributed by atoms with Gasteiger partial charge in [-0.3, -0.25) is 4.79 Å². The molecular formula is C13H15F2NO2. The summed E-state index contributed by atoms with van der Waals surface area (Å²) < 4.78 is 31.6. The molecule has 0 aromatic heterocycles. The number of rotatable bonds is 3. The molecule has 0 spiro atoms. The van der Waals surface area contributed by atoms with Gasteiger partial charge < -0.3 is 10.1 Å². The molecule has 1 saturated heterocycles. The zero-order chi connectivity index (χ0) is 13.1. The Hall–Kier alpha value is -1.49. The minimum Gasteiger partial charge on any atom is -0.373 e. The van der Waals surface area contributed by atoms with Gasteiger partial charge in [-0.15, -0.1) is 0 Å². The molecule has 0 saturated carbocycles. The fourth-order valence-electron chi connectivity index (χ4n) is 2.05. The first-order chi connectivity index (χ1) is 8.54. The summed E-state index contributed by atoms with van der Waals surface area (Å²) in [6.07, 6.45) is 0.778. The molecule has 1 N–H and O–H groups in total. The van der Waals surface area contributed by atoms with Crippen molar-refractivity contribution in [2.24, 2.45) is 0 Å². The molecule has 2 atom stereocenters. The molecule has 5 heteroatoms. The standard InChI is InChI=1S/C13H15F2NO2/c1-8-4-11(6-13(17)16-8)18-7-9-2-3-10(14)5-12(9)15/h2-3,5,8,11H,4,6-7H2,1H3,(H,16,17). The summed E-state index contributed by atoms with van der Waals surface area (Å²) in [5.41, 5.74) is 0.301. The predicted molar refractivity (Wildman–Crippen MR) is 61.8 cm³/mol. The number of nitrogens with one attached hydrogen (secondary N) is 1. The minimum absolute atomic E-state index is 0.0524. The fourth-order valence-corrected chi connectivity index (χ4v) is 2.05. The average Bonchev–Trinajstić information content (AvgIpc) is 2.26. The molecule has 18 heavy (non-hydrogen) atoms. The van der Waals surface area contributed by atoms with Crippen LogP contribution in [0.2, 0.25) is 0 Å². The molecule has 1 aliphatic rings. The normalized spacial score (nSPS) is 23.8. The Morgan fingerprint density at radius 1 is 1.44 bits per heavy atom. The lowest BCUT2D eigenvalue weighted by Gasteiger charge is -2.27. The third-order valence-corrected chi connectivity index (χ3v) is 2.93. The van der Waals surface area contributed by atoms with Crippen LogP contribution in [0.1, 0.15) is 25.3 Å². The molecule has 2 unspecified atom stereocenters. The smallest absolute Gasteiger partial charge is 0.222 e. The van der Waals surface area contributed by atoms with E-state index in [4.69, 9.17) is 4.74 Å². The Morgan fingerprint density at radius 2 is 2.22 bits per heavy atom. The van der Waals surface area contributed by atoms with Crippen molar-refractivity contribution in [3.05, 3.63) is 35.4 Å². The quantitative estimate of drug-likeness (QED) is 0.898. The van der Waals surface area contributed by atoms with Crippen LogP contribution in [0, 0.1) is 11.6 Å². The van der Waals surface area contributed by atoms with Gasteiger partial charge in [0.15, 0.2) is 0 Å². The number of piperidine rings is 1. The lowest BCUT2D eigenvalue weighted by Crippen LogP contribution is -2.43. The van der Waals surface area contributed by atoms with E-state index in [0.717, 1.165) is 6.07 Å². The van der Waals surface area contributed by atoms with Crippen LogP contribution < -0.4 is 5.32 Å². The van der Waals surface area contributed by atoms with Crippen molar-refractivity contribution in [3.8, 4) is 0 Å². The summed E-state index contributed by atoms with van der Waals surface area (Å²) >= 11 is 0. The molecular weight excluding hydrogens is 240 g/mol. The van der Waals surface area contributed by atoms with E-state index in [0.29, 0.717) is 12.0 Å².